The van der Waals surface area contributed by atoms with Crippen LogP contribution in [0.2, 0.25) is 0 Å². The number of thiophene rings is 1. The van der Waals surface area contributed by atoms with Crippen molar-refractivity contribution in [2.75, 3.05) is 26.8 Å². The third-order valence-corrected chi connectivity index (χ3v) is 8.06. The van der Waals surface area contributed by atoms with E-state index in [-0.39, 0.29) is 0 Å². The summed E-state index contributed by atoms with van der Waals surface area (Å²) in [7, 11) is -1.61. The van der Waals surface area contributed by atoms with E-state index in [0.717, 1.165) is 37.3 Å². The van der Waals surface area contributed by atoms with Crippen molar-refractivity contribution < 1.29 is 13.2 Å². The van der Waals surface area contributed by atoms with Gasteiger partial charge >= 0.3 is 0 Å². The van der Waals surface area contributed by atoms with Gasteiger partial charge in [0.1, 0.15) is 10.0 Å². The van der Waals surface area contributed by atoms with Crippen LogP contribution >= 0.6 is 11.3 Å². The number of hydrogen-bond acceptors (Lipinski definition) is 5. The first-order chi connectivity index (χ1) is 12.0. The number of methoxy groups -OCH3 is 1. The second-order valence-corrected chi connectivity index (χ2v) is 9.56. The fraction of sp³-hybridized carbons (Fsp3) is 0.588. The predicted molar refractivity (Wildman–Crippen MR) is 98.3 cm³/mol. The molecule has 2 aromatic rings. The lowest BCUT2D eigenvalue weighted by Crippen LogP contribution is -2.38. The van der Waals surface area contributed by atoms with Crippen molar-refractivity contribution in [3.8, 4) is 0 Å². The zero-order valence-electron chi connectivity index (χ0n) is 14.7. The highest BCUT2D eigenvalue weighted by atomic mass is 32.2. The normalized spacial score (nSPS) is 17.2. The molecule has 3 heterocycles. The molecule has 0 radical (unpaired) electrons. The summed E-state index contributed by atoms with van der Waals surface area (Å²) in [5.74, 6) is 1.55. The van der Waals surface area contributed by atoms with E-state index in [9.17, 15) is 8.42 Å². The van der Waals surface area contributed by atoms with Crippen molar-refractivity contribution >= 4 is 21.4 Å². The van der Waals surface area contributed by atoms with Crippen molar-refractivity contribution in [2.24, 2.45) is 5.92 Å². The van der Waals surface area contributed by atoms with Gasteiger partial charge in [-0.15, -0.1) is 11.3 Å². The number of rotatable bonds is 7. The average Bonchev–Trinajstić information content (AvgIpc) is 3.25. The molecule has 6 nitrogen and oxygen atoms in total. The Morgan fingerprint density at radius 3 is 2.76 bits per heavy atom. The molecule has 1 aliphatic rings. The molecule has 0 atom stereocenters. The van der Waals surface area contributed by atoms with Crippen LogP contribution in [0, 0.1) is 12.8 Å². The fourth-order valence-corrected chi connectivity index (χ4v) is 5.93. The van der Waals surface area contributed by atoms with Gasteiger partial charge in [0.25, 0.3) is 10.0 Å². The smallest absolute Gasteiger partial charge is 0.252 e. The Labute approximate surface area is 153 Å². The van der Waals surface area contributed by atoms with Crippen molar-refractivity contribution in [2.45, 2.75) is 36.9 Å². The SMILES string of the molecule is COCCn1c(C)cnc1CC1CCN(S(=O)(=O)c2cccs2)CC1. The van der Waals surface area contributed by atoms with Crippen LogP contribution < -0.4 is 0 Å². The topological polar surface area (TPSA) is 64.4 Å². The number of hydrogen-bond donors (Lipinski definition) is 0. The van der Waals surface area contributed by atoms with Crippen LogP contribution in [0.5, 0.6) is 0 Å². The van der Waals surface area contributed by atoms with E-state index in [2.05, 4.69) is 16.5 Å². The first kappa shape index (κ1) is 18.6. The van der Waals surface area contributed by atoms with Gasteiger partial charge in [-0.25, -0.2) is 13.4 Å². The highest BCUT2D eigenvalue weighted by Crippen LogP contribution is 2.28. The predicted octanol–water partition coefficient (Wildman–Crippen LogP) is 2.54. The first-order valence-electron chi connectivity index (χ1n) is 8.56. The summed E-state index contributed by atoms with van der Waals surface area (Å²) in [5, 5.41) is 1.81. The number of ether oxygens (including phenoxy) is 1. The maximum absolute atomic E-state index is 12.6. The van der Waals surface area contributed by atoms with E-state index in [0.29, 0.717) is 29.8 Å². The number of sulfonamides is 1. The van der Waals surface area contributed by atoms with E-state index >= 15 is 0 Å². The first-order valence-corrected chi connectivity index (χ1v) is 10.9. The molecular formula is C17H25N3O3S2. The molecule has 3 rings (SSSR count). The molecule has 0 saturated carbocycles. The molecule has 0 bridgehead atoms. The van der Waals surface area contributed by atoms with Crippen molar-refractivity contribution in [1.82, 2.24) is 13.9 Å². The largest absolute Gasteiger partial charge is 0.383 e. The van der Waals surface area contributed by atoms with Gasteiger partial charge in [-0.1, -0.05) is 6.07 Å². The Kier molecular flexibility index (Phi) is 5.93. The van der Waals surface area contributed by atoms with Gasteiger partial charge in [0.15, 0.2) is 0 Å². The van der Waals surface area contributed by atoms with E-state index in [1.54, 1.807) is 23.5 Å². The lowest BCUT2D eigenvalue weighted by Gasteiger charge is -2.30. The van der Waals surface area contributed by atoms with Crippen LogP contribution in [0.4, 0.5) is 0 Å². The average molecular weight is 384 g/mol. The zero-order valence-corrected chi connectivity index (χ0v) is 16.4. The molecule has 2 aromatic heterocycles. The van der Waals surface area contributed by atoms with Crippen molar-refractivity contribution in [3.63, 3.8) is 0 Å². The lowest BCUT2D eigenvalue weighted by molar-refractivity contribution is 0.184. The molecule has 1 saturated heterocycles. The molecule has 1 aliphatic heterocycles. The number of nitrogens with zero attached hydrogens (tertiary/aromatic N) is 3. The maximum atomic E-state index is 12.6. The molecule has 0 aromatic carbocycles. The van der Waals surface area contributed by atoms with Crippen LogP contribution in [0.3, 0.4) is 0 Å². The molecular weight excluding hydrogens is 358 g/mol. The third kappa shape index (κ3) is 4.13. The summed E-state index contributed by atoms with van der Waals surface area (Å²) < 4.78 is 34.6. The van der Waals surface area contributed by atoms with Crippen molar-refractivity contribution in [1.29, 1.82) is 0 Å². The number of aromatic nitrogens is 2. The van der Waals surface area contributed by atoms with Crippen LogP contribution in [-0.4, -0.2) is 49.1 Å². The lowest BCUT2D eigenvalue weighted by atomic mass is 9.94. The molecule has 0 amide bonds. The Morgan fingerprint density at radius 1 is 1.36 bits per heavy atom. The Hall–Kier alpha value is -1.22. The van der Waals surface area contributed by atoms with Gasteiger partial charge in [0.05, 0.1) is 6.61 Å². The van der Waals surface area contributed by atoms with Crippen LogP contribution in [0.15, 0.2) is 27.9 Å². The quantitative estimate of drug-likeness (QED) is 0.737. The zero-order chi connectivity index (χ0) is 17.9. The van der Waals surface area contributed by atoms with E-state index in [1.165, 1.54) is 11.3 Å². The van der Waals surface area contributed by atoms with Crippen molar-refractivity contribution in [3.05, 3.63) is 35.2 Å². The molecule has 0 unspecified atom stereocenters. The van der Waals surface area contributed by atoms with E-state index in [4.69, 9.17) is 4.74 Å². The second-order valence-electron chi connectivity index (χ2n) is 6.44. The summed E-state index contributed by atoms with van der Waals surface area (Å²) in [6.07, 6.45) is 4.55. The summed E-state index contributed by atoms with van der Waals surface area (Å²) in [6, 6.07) is 3.47. The van der Waals surface area contributed by atoms with Crippen LogP contribution in [0.25, 0.3) is 0 Å². The molecule has 0 spiro atoms. The summed E-state index contributed by atoms with van der Waals surface area (Å²) in [6.45, 7) is 4.71. The van der Waals surface area contributed by atoms with Gasteiger partial charge in [0, 0.05) is 45.1 Å². The van der Waals surface area contributed by atoms with Gasteiger partial charge in [0.2, 0.25) is 0 Å². The molecule has 0 N–H and O–H groups in total. The molecule has 138 valence electrons. The summed E-state index contributed by atoms with van der Waals surface area (Å²) in [4.78, 5) is 4.55. The Morgan fingerprint density at radius 2 is 2.12 bits per heavy atom. The van der Waals surface area contributed by atoms with E-state index in [1.807, 2.05) is 11.6 Å². The monoisotopic (exact) mass is 383 g/mol. The third-order valence-electron chi connectivity index (χ3n) is 4.79. The maximum Gasteiger partial charge on any atom is 0.252 e. The number of piperidine rings is 1. The van der Waals surface area contributed by atoms with Crippen LogP contribution in [-0.2, 0) is 27.7 Å². The molecule has 25 heavy (non-hydrogen) atoms. The standard InChI is InChI=1S/C17H25N3O3S2/c1-14-13-18-16(20(14)9-10-23-2)12-15-5-7-19(8-6-15)25(21,22)17-4-3-11-24-17/h3-4,11,13,15H,5-10,12H2,1-2H3. The molecule has 1 fully saturated rings. The van der Waals surface area contributed by atoms with E-state index < -0.39 is 10.0 Å². The number of aryl methyl sites for hydroxylation is 1. The molecule has 8 heteroatoms. The van der Waals surface area contributed by atoms with Gasteiger partial charge in [-0.2, -0.15) is 4.31 Å². The Bertz CT molecular complexity index is 776. The second kappa shape index (κ2) is 7.99. The summed E-state index contributed by atoms with van der Waals surface area (Å²) in [5.41, 5.74) is 1.14. The summed E-state index contributed by atoms with van der Waals surface area (Å²) >= 11 is 1.28. The minimum absolute atomic E-state index is 0.441. The number of imidazole rings is 1. The fourth-order valence-electron chi connectivity index (χ4n) is 3.31. The Balaban J connectivity index is 1.60. The molecule has 0 aliphatic carbocycles. The highest BCUT2D eigenvalue weighted by Gasteiger charge is 2.30. The highest BCUT2D eigenvalue weighted by molar-refractivity contribution is 7.91. The minimum atomic E-state index is -3.32. The van der Waals surface area contributed by atoms with Gasteiger partial charge < -0.3 is 9.30 Å². The van der Waals surface area contributed by atoms with Gasteiger partial charge in [-0.05, 0) is 37.1 Å². The van der Waals surface area contributed by atoms with Crippen LogP contribution in [0.1, 0.15) is 24.4 Å². The minimum Gasteiger partial charge on any atom is -0.383 e. The van der Waals surface area contributed by atoms with Gasteiger partial charge in [-0.3, -0.25) is 0 Å².